The molecular weight excluding hydrogens is 474 g/mol. The van der Waals surface area contributed by atoms with Crippen LogP contribution < -0.4 is 9.62 Å². The van der Waals surface area contributed by atoms with E-state index in [4.69, 9.17) is 0 Å². The van der Waals surface area contributed by atoms with Gasteiger partial charge in [0.05, 0.1) is 11.9 Å². The number of carbonyl (C=O) groups excluding carboxylic acids is 2. The lowest BCUT2D eigenvalue weighted by atomic mass is 10.1. The summed E-state index contributed by atoms with van der Waals surface area (Å²) in [4.78, 5) is 28.0. The molecule has 7 nitrogen and oxygen atoms in total. The highest BCUT2D eigenvalue weighted by Gasteiger charge is 2.28. The quantitative estimate of drug-likeness (QED) is 0.426. The van der Waals surface area contributed by atoms with E-state index in [1.165, 1.54) is 10.6 Å². The second kappa shape index (κ2) is 13.4. The Morgan fingerprint density at radius 3 is 2.19 bits per heavy atom. The van der Waals surface area contributed by atoms with E-state index in [9.17, 15) is 18.0 Å². The molecule has 2 rings (SSSR count). The van der Waals surface area contributed by atoms with Gasteiger partial charge in [-0.1, -0.05) is 49.7 Å². The van der Waals surface area contributed by atoms with Gasteiger partial charge < -0.3 is 10.2 Å². The summed E-state index contributed by atoms with van der Waals surface area (Å²) >= 11 is 0. The summed E-state index contributed by atoms with van der Waals surface area (Å²) in [7, 11) is -3.52. The largest absolute Gasteiger partial charge is 0.354 e. The third-order valence-electron chi connectivity index (χ3n) is 6.02. The molecule has 0 spiro atoms. The SMILES string of the molecule is CCCNC(=O)C(CC)N(Cc1cccc(C)c1)C(=O)CCCN(c1cc(C)cc(C)c1)S(C)(=O)=O. The molecule has 0 aliphatic heterocycles. The molecule has 0 aliphatic carbocycles. The van der Waals surface area contributed by atoms with E-state index in [1.54, 1.807) is 4.90 Å². The first-order valence-electron chi connectivity index (χ1n) is 12.6. The molecule has 0 saturated carbocycles. The Morgan fingerprint density at radius 2 is 1.64 bits per heavy atom. The van der Waals surface area contributed by atoms with Crippen LogP contribution in [0.25, 0.3) is 0 Å². The van der Waals surface area contributed by atoms with Crippen LogP contribution in [0.4, 0.5) is 5.69 Å². The van der Waals surface area contributed by atoms with Gasteiger partial charge in [0.15, 0.2) is 0 Å². The number of rotatable bonds is 13. The molecule has 2 aromatic carbocycles. The first-order chi connectivity index (χ1) is 17.0. The van der Waals surface area contributed by atoms with Gasteiger partial charge in [0, 0.05) is 26.1 Å². The summed E-state index contributed by atoms with van der Waals surface area (Å²) in [6.45, 7) is 10.8. The second-order valence-corrected chi connectivity index (χ2v) is 11.4. The number of amides is 2. The van der Waals surface area contributed by atoms with Crippen molar-refractivity contribution in [2.75, 3.05) is 23.7 Å². The second-order valence-electron chi connectivity index (χ2n) is 9.51. The number of nitrogens with zero attached hydrogens (tertiary/aromatic N) is 2. The predicted molar refractivity (Wildman–Crippen MR) is 146 cm³/mol. The molecule has 2 amide bonds. The molecule has 1 atom stereocenters. The van der Waals surface area contributed by atoms with Crippen molar-refractivity contribution in [1.82, 2.24) is 10.2 Å². The maximum absolute atomic E-state index is 13.5. The van der Waals surface area contributed by atoms with Crippen molar-refractivity contribution in [2.45, 2.75) is 72.9 Å². The maximum Gasteiger partial charge on any atom is 0.242 e. The fraction of sp³-hybridized carbons (Fsp3) is 0.500. The van der Waals surface area contributed by atoms with Crippen molar-refractivity contribution in [3.05, 3.63) is 64.7 Å². The Balaban J connectivity index is 2.23. The molecule has 36 heavy (non-hydrogen) atoms. The van der Waals surface area contributed by atoms with Gasteiger partial charge in [-0.3, -0.25) is 13.9 Å². The van der Waals surface area contributed by atoms with E-state index in [-0.39, 0.29) is 24.8 Å². The summed E-state index contributed by atoms with van der Waals surface area (Å²) < 4.78 is 26.5. The number of hydrogen-bond donors (Lipinski definition) is 1. The zero-order valence-corrected chi connectivity index (χ0v) is 23.3. The van der Waals surface area contributed by atoms with Crippen LogP contribution in [0.1, 0.15) is 61.8 Å². The Bertz CT molecular complexity index is 1130. The summed E-state index contributed by atoms with van der Waals surface area (Å²) in [6.07, 6.45) is 2.97. The van der Waals surface area contributed by atoms with E-state index in [1.807, 2.05) is 77.1 Å². The van der Waals surface area contributed by atoms with Crippen molar-refractivity contribution in [1.29, 1.82) is 0 Å². The fourth-order valence-corrected chi connectivity index (χ4v) is 5.34. The van der Waals surface area contributed by atoms with E-state index in [2.05, 4.69) is 5.32 Å². The average molecular weight is 516 g/mol. The third-order valence-corrected chi connectivity index (χ3v) is 7.21. The van der Waals surface area contributed by atoms with Crippen LogP contribution in [0, 0.1) is 20.8 Å². The lowest BCUT2D eigenvalue weighted by Gasteiger charge is -2.31. The molecule has 0 bridgehead atoms. The molecule has 0 radical (unpaired) electrons. The van der Waals surface area contributed by atoms with Crippen molar-refractivity contribution in [3.63, 3.8) is 0 Å². The maximum atomic E-state index is 13.5. The number of aryl methyl sites for hydroxylation is 3. The molecule has 0 aromatic heterocycles. The number of benzene rings is 2. The molecule has 1 N–H and O–H groups in total. The van der Waals surface area contributed by atoms with Gasteiger partial charge in [-0.05, 0) is 68.9 Å². The van der Waals surface area contributed by atoms with Crippen LogP contribution in [0.3, 0.4) is 0 Å². The zero-order chi connectivity index (χ0) is 26.9. The molecule has 198 valence electrons. The Hall–Kier alpha value is -2.87. The molecule has 1 unspecified atom stereocenters. The summed E-state index contributed by atoms with van der Waals surface area (Å²) in [6, 6.07) is 13.0. The highest BCUT2D eigenvalue weighted by atomic mass is 32.2. The van der Waals surface area contributed by atoms with Crippen molar-refractivity contribution < 1.29 is 18.0 Å². The van der Waals surface area contributed by atoms with E-state index in [0.717, 1.165) is 28.7 Å². The van der Waals surface area contributed by atoms with E-state index >= 15 is 0 Å². The van der Waals surface area contributed by atoms with E-state index in [0.29, 0.717) is 31.6 Å². The number of anilines is 1. The number of nitrogens with one attached hydrogen (secondary N) is 1. The molecule has 0 aliphatic rings. The summed E-state index contributed by atoms with van der Waals surface area (Å²) in [5.41, 5.74) is 4.59. The monoisotopic (exact) mass is 515 g/mol. The minimum absolute atomic E-state index is 0.139. The number of carbonyl (C=O) groups is 2. The zero-order valence-electron chi connectivity index (χ0n) is 22.5. The van der Waals surface area contributed by atoms with Crippen LogP contribution in [-0.4, -0.2) is 50.5 Å². The normalized spacial score (nSPS) is 12.2. The smallest absolute Gasteiger partial charge is 0.242 e. The van der Waals surface area contributed by atoms with Crippen LogP contribution in [0.2, 0.25) is 0 Å². The molecule has 0 fully saturated rings. The molecule has 0 saturated heterocycles. The predicted octanol–water partition coefficient (Wildman–Crippen LogP) is 4.49. The highest BCUT2D eigenvalue weighted by molar-refractivity contribution is 7.92. The summed E-state index contributed by atoms with van der Waals surface area (Å²) in [5.74, 6) is -0.322. The minimum Gasteiger partial charge on any atom is -0.354 e. The lowest BCUT2D eigenvalue weighted by molar-refractivity contribution is -0.141. The fourth-order valence-electron chi connectivity index (χ4n) is 4.39. The van der Waals surface area contributed by atoms with Gasteiger partial charge in [0.2, 0.25) is 21.8 Å². The first-order valence-corrected chi connectivity index (χ1v) is 14.5. The van der Waals surface area contributed by atoms with Crippen molar-refractivity contribution in [3.8, 4) is 0 Å². The lowest BCUT2D eigenvalue weighted by Crippen LogP contribution is -2.49. The number of sulfonamides is 1. The Morgan fingerprint density at radius 1 is 0.972 bits per heavy atom. The van der Waals surface area contributed by atoms with Gasteiger partial charge in [-0.2, -0.15) is 0 Å². The van der Waals surface area contributed by atoms with Gasteiger partial charge in [0.25, 0.3) is 0 Å². The van der Waals surface area contributed by atoms with Crippen molar-refractivity contribution >= 4 is 27.5 Å². The third kappa shape index (κ3) is 8.66. The Kier molecular flexibility index (Phi) is 11.0. The van der Waals surface area contributed by atoms with Gasteiger partial charge in [-0.15, -0.1) is 0 Å². The van der Waals surface area contributed by atoms with E-state index < -0.39 is 16.1 Å². The molecule has 0 heterocycles. The molecular formula is C28H41N3O4S. The van der Waals surface area contributed by atoms with Gasteiger partial charge in [-0.25, -0.2) is 8.42 Å². The average Bonchev–Trinajstić information content (AvgIpc) is 2.78. The minimum atomic E-state index is -3.52. The molecule has 2 aromatic rings. The van der Waals surface area contributed by atoms with Crippen LogP contribution in [0.5, 0.6) is 0 Å². The molecule has 8 heteroatoms. The van der Waals surface area contributed by atoms with Gasteiger partial charge in [0.1, 0.15) is 6.04 Å². The summed E-state index contributed by atoms with van der Waals surface area (Å²) in [5, 5.41) is 2.92. The standard InChI is InChI=1S/C28H41N3O4S/c1-7-14-29-28(33)26(8-2)30(20-24-12-9-11-21(3)17-24)27(32)13-10-15-31(36(6,34)35)25-18-22(4)16-23(5)19-25/h9,11-12,16-19,26H,7-8,10,13-15,20H2,1-6H3,(H,29,33). The topological polar surface area (TPSA) is 86.8 Å². The van der Waals surface area contributed by atoms with Crippen molar-refractivity contribution in [2.24, 2.45) is 0 Å². The van der Waals surface area contributed by atoms with Crippen LogP contribution >= 0.6 is 0 Å². The number of hydrogen-bond acceptors (Lipinski definition) is 4. The van der Waals surface area contributed by atoms with Crippen LogP contribution in [0.15, 0.2) is 42.5 Å². The highest BCUT2D eigenvalue weighted by Crippen LogP contribution is 2.22. The van der Waals surface area contributed by atoms with Crippen LogP contribution in [-0.2, 0) is 26.2 Å². The Labute approximate surface area is 216 Å². The first kappa shape index (κ1) is 29.4. The van der Waals surface area contributed by atoms with Gasteiger partial charge >= 0.3 is 0 Å².